The van der Waals surface area contributed by atoms with E-state index in [-0.39, 0.29) is 0 Å². The minimum absolute atomic E-state index is 0.478. The number of hydrogen-bond donors (Lipinski definition) is 0. The van der Waals surface area contributed by atoms with Crippen molar-refractivity contribution >= 4 is 32.9 Å². The minimum atomic E-state index is -3.59. The van der Waals surface area contributed by atoms with Gasteiger partial charge in [-0.25, -0.2) is 17.4 Å². The molecule has 0 N–H and O–H groups in total. The van der Waals surface area contributed by atoms with E-state index in [0.717, 1.165) is 21.8 Å². The Hall–Kier alpha value is -2.90. The summed E-state index contributed by atoms with van der Waals surface area (Å²) in [6, 6.07) is 22.6. The van der Waals surface area contributed by atoms with Crippen LogP contribution in [-0.2, 0) is 10.0 Å². The van der Waals surface area contributed by atoms with Gasteiger partial charge in [0.2, 0.25) is 10.0 Å². The lowest BCUT2D eigenvalue weighted by atomic mass is 10.2. The monoisotopic (exact) mass is 409 g/mol. The lowest BCUT2D eigenvalue weighted by Crippen LogP contribution is -2.27. The molecule has 0 saturated carbocycles. The smallest absolute Gasteiger partial charge is 0.221 e. The standard InChI is InChI=1S/C21H19N3O2S2/c1-16-9-6-7-12-19(16)23-21(15-18(22-23)20-13-8-14-27-20)24(28(2,25)26)17-10-4-3-5-11-17/h3-15H,1-2H3. The molecule has 7 heteroatoms. The van der Waals surface area contributed by atoms with Gasteiger partial charge in [-0.2, -0.15) is 5.10 Å². The van der Waals surface area contributed by atoms with E-state index < -0.39 is 10.0 Å². The largest absolute Gasteiger partial charge is 0.237 e. The van der Waals surface area contributed by atoms with Gasteiger partial charge in [0.25, 0.3) is 0 Å². The molecular weight excluding hydrogens is 390 g/mol. The molecular formula is C21H19N3O2S2. The molecule has 2 aromatic carbocycles. The number of para-hydroxylation sites is 2. The molecule has 0 radical (unpaired) electrons. The SMILES string of the molecule is Cc1ccccc1-n1nc(-c2cccs2)cc1N(c1ccccc1)S(C)(=O)=O. The zero-order valence-electron chi connectivity index (χ0n) is 15.5. The van der Waals surface area contributed by atoms with Crippen molar-refractivity contribution in [3.63, 3.8) is 0 Å². The number of sulfonamides is 1. The predicted octanol–water partition coefficient (Wildman–Crippen LogP) is 5.01. The lowest BCUT2D eigenvalue weighted by molar-refractivity contribution is 0.601. The zero-order chi connectivity index (χ0) is 19.7. The first-order valence-corrected chi connectivity index (χ1v) is 11.4. The second kappa shape index (κ2) is 7.26. The molecule has 0 aliphatic carbocycles. The van der Waals surface area contributed by atoms with Crippen LogP contribution >= 0.6 is 11.3 Å². The van der Waals surface area contributed by atoms with E-state index in [4.69, 9.17) is 5.10 Å². The Bertz CT molecular complexity index is 1200. The number of thiophene rings is 1. The molecule has 0 saturated heterocycles. The molecule has 0 atom stereocenters. The van der Waals surface area contributed by atoms with Crippen molar-refractivity contribution in [3.05, 3.63) is 83.7 Å². The van der Waals surface area contributed by atoms with Crippen molar-refractivity contribution in [1.29, 1.82) is 0 Å². The van der Waals surface area contributed by atoms with Crippen LogP contribution in [-0.4, -0.2) is 24.5 Å². The van der Waals surface area contributed by atoms with Gasteiger partial charge >= 0.3 is 0 Å². The van der Waals surface area contributed by atoms with Crippen molar-refractivity contribution in [2.45, 2.75) is 6.92 Å². The molecule has 142 valence electrons. The number of aryl methyl sites for hydroxylation is 1. The molecule has 0 aliphatic heterocycles. The van der Waals surface area contributed by atoms with Crippen LogP contribution in [0.5, 0.6) is 0 Å². The Balaban J connectivity index is 2.00. The first-order valence-electron chi connectivity index (χ1n) is 8.70. The Morgan fingerprint density at radius 3 is 2.32 bits per heavy atom. The Morgan fingerprint density at radius 2 is 1.68 bits per heavy atom. The number of aromatic nitrogens is 2. The third-order valence-corrected chi connectivity index (χ3v) is 6.29. The molecule has 0 bridgehead atoms. The number of rotatable bonds is 5. The quantitative estimate of drug-likeness (QED) is 0.466. The minimum Gasteiger partial charge on any atom is -0.221 e. The van der Waals surface area contributed by atoms with Crippen LogP contribution in [0.4, 0.5) is 11.5 Å². The molecule has 5 nitrogen and oxygen atoms in total. The number of anilines is 2. The van der Waals surface area contributed by atoms with Gasteiger partial charge < -0.3 is 0 Å². The molecule has 2 heterocycles. The van der Waals surface area contributed by atoms with Crippen LogP contribution in [0.2, 0.25) is 0 Å². The lowest BCUT2D eigenvalue weighted by Gasteiger charge is -2.23. The fourth-order valence-corrected chi connectivity index (χ4v) is 4.75. The molecule has 0 aliphatic rings. The van der Waals surface area contributed by atoms with Gasteiger partial charge in [-0.15, -0.1) is 11.3 Å². The zero-order valence-corrected chi connectivity index (χ0v) is 17.1. The number of benzene rings is 2. The van der Waals surface area contributed by atoms with Crippen molar-refractivity contribution in [2.24, 2.45) is 0 Å². The van der Waals surface area contributed by atoms with E-state index in [1.165, 1.54) is 10.6 Å². The Labute approximate surface area is 168 Å². The van der Waals surface area contributed by atoms with Gasteiger partial charge in [0.05, 0.1) is 22.5 Å². The number of hydrogen-bond acceptors (Lipinski definition) is 4. The second-order valence-corrected chi connectivity index (χ2v) is 9.21. The maximum absolute atomic E-state index is 12.8. The van der Waals surface area contributed by atoms with E-state index in [2.05, 4.69) is 0 Å². The molecule has 0 spiro atoms. The van der Waals surface area contributed by atoms with Crippen LogP contribution in [0, 0.1) is 6.92 Å². The highest BCUT2D eigenvalue weighted by Gasteiger charge is 2.26. The van der Waals surface area contributed by atoms with Crippen LogP contribution in [0.1, 0.15) is 5.56 Å². The summed E-state index contributed by atoms with van der Waals surface area (Å²) in [6.45, 7) is 1.99. The van der Waals surface area contributed by atoms with E-state index in [1.54, 1.807) is 28.2 Å². The van der Waals surface area contributed by atoms with Crippen molar-refractivity contribution in [3.8, 4) is 16.3 Å². The Kier molecular flexibility index (Phi) is 4.78. The van der Waals surface area contributed by atoms with Gasteiger partial charge in [-0.1, -0.05) is 42.5 Å². The molecule has 0 fully saturated rings. The highest BCUT2D eigenvalue weighted by Crippen LogP contribution is 2.35. The van der Waals surface area contributed by atoms with E-state index in [1.807, 2.05) is 73.0 Å². The summed E-state index contributed by atoms with van der Waals surface area (Å²) < 4.78 is 28.6. The van der Waals surface area contributed by atoms with Gasteiger partial charge in [0.1, 0.15) is 5.69 Å². The third-order valence-electron chi connectivity index (χ3n) is 4.34. The van der Waals surface area contributed by atoms with Gasteiger partial charge in [-0.05, 0) is 42.1 Å². The van der Waals surface area contributed by atoms with Crippen molar-refractivity contribution in [2.75, 3.05) is 10.6 Å². The number of nitrogens with zero attached hydrogens (tertiary/aromatic N) is 3. The first kappa shape index (κ1) is 18.5. The van der Waals surface area contributed by atoms with Crippen molar-refractivity contribution in [1.82, 2.24) is 9.78 Å². The molecule has 4 aromatic rings. The third kappa shape index (κ3) is 3.46. The molecule has 2 aromatic heterocycles. The van der Waals surface area contributed by atoms with E-state index >= 15 is 0 Å². The maximum Gasteiger partial charge on any atom is 0.237 e. The summed E-state index contributed by atoms with van der Waals surface area (Å²) in [4.78, 5) is 0.982. The Morgan fingerprint density at radius 1 is 0.964 bits per heavy atom. The highest BCUT2D eigenvalue weighted by atomic mass is 32.2. The van der Waals surface area contributed by atoms with Crippen LogP contribution in [0.25, 0.3) is 16.3 Å². The molecule has 28 heavy (non-hydrogen) atoms. The second-order valence-electron chi connectivity index (χ2n) is 6.43. The summed E-state index contributed by atoms with van der Waals surface area (Å²) in [5.74, 6) is 0.478. The average molecular weight is 410 g/mol. The summed E-state index contributed by atoms with van der Waals surface area (Å²) in [6.07, 6.45) is 1.21. The molecule has 0 unspecified atom stereocenters. The molecule has 4 rings (SSSR count). The first-order chi connectivity index (χ1) is 13.4. The van der Waals surface area contributed by atoms with Gasteiger partial charge in [-0.3, -0.25) is 0 Å². The summed E-state index contributed by atoms with van der Waals surface area (Å²) >= 11 is 1.57. The molecule has 0 amide bonds. The normalized spacial score (nSPS) is 11.5. The summed E-state index contributed by atoms with van der Waals surface area (Å²) in [5, 5.41) is 6.74. The van der Waals surface area contributed by atoms with Crippen LogP contribution < -0.4 is 4.31 Å². The summed E-state index contributed by atoms with van der Waals surface area (Å²) in [5.41, 5.74) is 3.14. The van der Waals surface area contributed by atoms with Gasteiger partial charge in [0.15, 0.2) is 5.82 Å². The average Bonchev–Trinajstić information content (AvgIpc) is 3.32. The fraction of sp³-hybridized carbons (Fsp3) is 0.0952. The fourth-order valence-electron chi connectivity index (χ4n) is 3.10. The highest BCUT2D eigenvalue weighted by molar-refractivity contribution is 7.92. The van der Waals surface area contributed by atoms with Crippen molar-refractivity contribution < 1.29 is 8.42 Å². The predicted molar refractivity (Wildman–Crippen MR) is 115 cm³/mol. The van der Waals surface area contributed by atoms with Gasteiger partial charge in [0, 0.05) is 6.07 Å². The van der Waals surface area contributed by atoms with E-state index in [0.29, 0.717) is 11.5 Å². The van der Waals surface area contributed by atoms with Crippen LogP contribution in [0.15, 0.2) is 78.2 Å². The summed E-state index contributed by atoms with van der Waals surface area (Å²) in [7, 11) is -3.59. The maximum atomic E-state index is 12.8. The van der Waals surface area contributed by atoms with E-state index in [9.17, 15) is 8.42 Å². The topological polar surface area (TPSA) is 55.2 Å². The van der Waals surface area contributed by atoms with Crippen LogP contribution in [0.3, 0.4) is 0 Å².